The van der Waals surface area contributed by atoms with Crippen LogP contribution in [0.4, 0.5) is 0 Å². The van der Waals surface area contributed by atoms with Crippen molar-refractivity contribution in [1.29, 1.82) is 0 Å². The zero-order chi connectivity index (χ0) is 10.7. The van der Waals surface area contributed by atoms with Crippen LogP contribution in [-0.2, 0) is 0 Å². The molecule has 0 fully saturated rings. The zero-order valence-electron chi connectivity index (χ0n) is 7.89. The number of hydrogen-bond donors (Lipinski definition) is 0. The summed E-state index contributed by atoms with van der Waals surface area (Å²) in [5.41, 5.74) is 0.787. The minimum absolute atomic E-state index is 0.164. The van der Waals surface area contributed by atoms with E-state index in [1.807, 2.05) is 13.8 Å². The molecule has 0 unspecified atom stereocenters. The first-order valence-electron chi connectivity index (χ1n) is 4.19. The van der Waals surface area contributed by atoms with Crippen molar-refractivity contribution in [3.63, 3.8) is 0 Å². The van der Waals surface area contributed by atoms with E-state index in [2.05, 4.69) is 4.99 Å². The van der Waals surface area contributed by atoms with E-state index in [1.165, 1.54) is 0 Å². The Hall–Kier alpha value is -0.240. The van der Waals surface area contributed by atoms with Crippen LogP contribution < -0.4 is 0 Å². The lowest BCUT2D eigenvalue weighted by atomic mass is 10.2. The molecule has 0 aromatic heterocycles. The lowest BCUT2D eigenvalue weighted by Gasteiger charge is -2.02. The monoisotopic (exact) mass is 249 g/mol. The average Bonchev–Trinajstić information content (AvgIpc) is 2.08. The molecule has 14 heavy (non-hydrogen) atoms. The van der Waals surface area contributed by atoms with Gasteiger partial charge >= 0.3 is 0 Å². The SMILES string of the molecule is CC(C)N=C(Cl)c1ccc(Cl)c(Cl)c1. The van der Waals surface area contributed by atoms with Crippen molar-refractivity contribution in [2.45, 2.75) is 19.9 Å². The van der Waals surface area contributed by atoms with Gasteiger partial charge in [-0.15, -0.1) is 0 Å². The fourth-order valence-corrected chi connectivity index (χ4v) is 1.54. The van der Waals surface area contributed by atoms with Crippen LogP contribution in [0.2, 0.25) is 10.0 Å². The first-order valence-corrected chi connectivity index (χ1v) is 5.33. The fourth-order valence-electron chi connectivity index (χ4n) is 0.926. The summed E-state index contributed by atoms with van der Waals surface area (Å²) in [5.74, 6) is 0. The summed E-state index contributed by atoms with van der Waals surface area (Å²) >= 11 is 17.6. The Balaban J connectivity index is 3.03. The first kappa shape index (κ1) is 11.8. The van der Waals surface area contributed by atoms with Crippen molar-refractivity contribution >= 4 is 40.0 Å². The van der Waals surface area contributed by atoms with Crippen molar-refractivity contribution in [3.05, 3.63) is 33.8 Å². The van der Waals surface area contributed by atoms with Gasteiger partial charge in [-0.2, -0.15) is 0 Å². The van der Waals surface area contributed by atoms with Gasteiger partial charge < -0.3 is 0 Å². The lowest BCUT2D eigenvalue weighted by molar-refractivity contribution is 0.839. The Kier molecular flexibility index (Phi) is 4.24. The lowest BCUT2D eigenvalue weighted by Crippen LogP contribution is -1.97. The third kappa shape index (κ3) is 3.16. The molecule has 0 radical (unpaired) electrons. The topological polar surface area (TPSA) is 12.4 Å². The maximum Gasteiger partial charge on any atom is 0.131 e. The molecule has 0 amide bonds. The molecule has 4 heteroatoms. The second-order valence-corrected chi connectivity index (χ2v) is 4.31. The molecule has 1 aromatic carbocycles. The van der Waals surface area contributed by atoms with Gasteiger partial charge in [0.05, 0.1) is 10.0 Å². The zero-order valence-corrected chi connectivity index (χ0v) is 10.2. The highest BCUT2D eigenvalue weighted by molar-refractivity contribution is 6.69. The summed E-state index contributed by atoms with van der Waals surface area (Å²) in [6, 6.07) is 5.37. The molecule has 1 nitrogen and oxygen atoms in total. The molecular weight excluding hydrogens is 240 g/mol. The van der Waals surface area contributed by atoms with Gasteiger partial charge in [0.15, 0.2) is 0 Å². The highest BCUT2D eigenvalue weighted by Gasteiger charge is 2.04. The van der Waals surface area contributed by atoms with E-state index in [9.17, 15) is 0 Å². The smallest absolute Gasteiger partial charge is 0.131 e. The highest BCUT2D eigenvalue weighted by Crippen LogP contribution is 2.23. The van der Waals surface area contributed by atoms with Crippen LogP contribution in [0.1, 0.15) is 19.4 Å². The second kappa shape index (κ2) is 5.01. The van der Waals surface area contributed by atoms with E-state index in [1.54, 1.807) is 18.2 Å². The molecule has 0 heterocycles. The third-order valence-electron chi connectivity index (χ3n) is 1.53. The van der Waals surface area contributed by atoms with Crippen molar-refractivity contribution in [1.82, 2.24) is 0 Å². The van der Waals surface area contributed by atoms with Crippen molar-refractivity contribution in [2.75, 3.05) is 0 Å². The van der Waals surface area contributed by atoms with Crippen LogP contribution >= 0.6 is 34.8 Å². The number of nitrogens with zero attached hydrogens (tertiary/aromatic N) is 1. The van der Waals surface area contributed by atoms with Crippen LogP contribution in [0.15, 0.2) is 23.2 Å². The Morgan fingerprint density at radius 2 is 1.86 bits per heavy atom. The molecule has 0 bridgehead atoms. The van der Waals surface area contributed by atoms with E-state index >= 15 is 0 Å². The van der Waals surface area contributed by atoms with Gasteiger partial charge in [-0.3, -0.25) is 4.99 Å². The van der Waals surface area contributed by atoms with E-state index in [0.29, 0.717) is 15.2 Å². The van der Waals surface area contributed by atoms with E-state index < -0.39 is 0 Å². The predicted octanol–water partition coefficient (Wildman–Crippen LogP) is 4.39. The summed E-state index contributed by atoms with van der Waals surface area (Å²) in [7, 11) is 0. The van der Waals surface area contributed by atoms with Crippen LogP contribution in [0.3, 0.4) is 0 Å². The summed E-state index contributed by atoms with van der Waals surface area (Å²) < 4.78 is 0. The van der Waals surface area contributed by atoms with Crippen molar-refractivity contribution < 1.29 is 0 Å². The molecule has 0 aliphatic heterocycles. The highest BCUT2D eigenvalue weighted by atomic mass is 35.5. The van der Waals surface area contributed by atoms with Gasteiger partial charge in [0.2, 0.25) is 0 Å². The van der Waals surface area contributed by atoms with Crippen LogP contribution in [0, 0.1) is 0 Å². The Bertz CT molecular complexity index is 358. The Morgan fingerprint density at radius 3 is 2.36 bits per heavy atom. The number of benzene rings is 1. The maximum atomic E-state index is 5.97. The number of rotatable bonds is 2. The van der Waals surface area contributed by atoms with Gasteiger partial charge in [-0.25, -0.2) is 0 Å². The minimum atomic E-state index is 0.164. The Labute approximate surface area is 98.7 Å². The largest absolute Gasteiger partial charge is 0.270 e. The van der Waals surface area contributed by atoms with Gasteiger partial charge in [-0.05, 0) is 26.0 Å². The van der Waals surface area contributed by atoms with E-state index in [-0.39, 0.29) is 6.04 Å². The molecule has 0 saturated carbocycles. The minimum Gasteiger partial charge on any atom is -0.270 e. The summed E-state index contributed by atoms with van der Waals surface area (Å²) in [4.78, 5) is 4.20. The molecule has 1 rings (SSSR count). The van der Waals surface area contributed by atoms with Gasteiger partial charge in [0.25, 0.3) is 0 Å². The van der Waals surface area contributed by atoms with Crippen LogP contribution in [0.5, 0.6) is 0 Å². The summed E-state index contributed by atoms with van der Waals surface area (Å²) in [5, 5.41) is 1.46. The molecule has 0 saturated heterocycles. The maximum absolute atomic E-state index is 5.97. The summed E-state index contributed by atoms with van der Waals surface area (Å²) in [6.45, 7) is 3.92. The molecule has 1 aromatic rings. The van der Waals surface area contributed by atoms with Crippen molar-refractivity contribution in [3.8, 4) is 0 Å². The predicted molar refractivity (Wildman–Crippen MR) is 64.0 cm³/mol. The van der Waals surface area contributed by atoms with E-state index in [0.717, 1.165) is 5.56 Å². The standard InChI is InChI=1S/C10H10Cl3N/c1-6(2)14-10(13)7-3-4-8(11)9(12)5-7/h3-6H,1-2H3. The normalized spacial score (nSPS) is 12.3. The number of hydrogen-bond acceptors (Lipinski definition) is 1. The second-order valence-electron chi connectivity index (χ2n) is 3.14. The van der Waals surface area contributed by atoms with Gasteiger partial charge in [0, 0.05) is 11.6 Å². The fraction of sp³-hybridized carbons (Fsp3) is 0.300. The molecular formula is C10H10Cl3N. The van der Waals surface area contributed by atoms with Gasteiger partial charge in [0.1, 0.15) is 5.17 Å². The first-order chi connectivity index (χ1) is 6.50. The number of aliphatic imine (C=N–C) groups is 1. The molecule has 0 aliphatic rings. The third-order valence-corrected chi connectivity index (χ3v) is 2.58. The molecule has 76 valence electrons. The number of halogens is 3. The summed E-state index contributed by atoms with van der Waals surface area (Å²) in [6.07, 6.45) is 0. The average molecular weight is 251 g/mol. The molecule has 0 spiro atoms. The molecule has 0 atom stereocenters. The quantitative estimate of drug-likeness (QED) is 0.691. The molecule has 0 N–H and O–H groups in total. The van der Waals surface area contributed by atoms with Crippen LogP contribution in [-0.4, -0.2) is 11.2 Å². The van der Waals surface area contributed by atoms with Gasteiger partial charge in [-0.1, -0.05) is 40.9 Å². The Morgan fingerprint density at radius 1 is 1.21 bits per heavy atom. The van der Waals surface area contributed by atoms with Crippen LogP contribution in [0.25, 0.3) is 0 Å². The molecule has 0 aliphatic carbocycles. The van der Waals surface area contributed by atoms with Crippen molar-refractivity contribution in [2.24, 2.45) is 4.99 Å². The van der Waals surface area contributed by atoms with E-state index in [4.69, 9.17) is 34.8 Å².